The number of nitrogens with two attached hydrogens (primary N) is 1. The molecule has 1 heterocycles. The lowest BCUT2D eigenvalue weighted by atomic mass is 9.86. The molecule has 0 atom stereocenters. The Hall–Kier alpha value is -1.33. The van der Waals surface area contributed by atoms with Gasteiger partial charge in [0.2, 0.25) is 0 Å². The van der Waals surface area contributed by atoms with Crippen molar-refractivity contribution in [3.8, 4) is 5.75 Å². The third-order valence-corrected chi connectivity index (χ3v) is 4.44. The third kappa shape index (κ3) is 3.66. The number of piperidine rings is 1. The Morgan fingerprint density at radius 1 is 1.38 bits per heavy atom. The van der Waals surface area contributed by atoms with E-state index in [9.17, 15) is 4.39 Å². The summed E-state index contributed by atoms with van der Waals surface area (Å²) in [7, 11) is 1.47. The minimum Gasteiger partial charge on any atom is -0.494 e. The van der Waals surface area contributed by atoms with E-state index in [1.54, 1.807) is 12.1 Å². The number of benzene rings is 1. The van der Waals surface area contributed by atoms with Gasteiger partial charge in [-0.3, -0.25) is 0 Å². The minimum atomic E-state index is -0.348. The zero-order valence-electron chi connectivity index (χ0n) is 13.2. The van der Waals surface area contributed by atoms with Crippen LogP contribution in [-0.4, -0.2) is 43.2 Å². The highest BCUT2D eigenvalue weighted by atomic mass is 19.1. The molecule has 0 bridgehead atoms. The van der Waals surface area contributed by atoms with Crippen LogP contribution in [0.2, 0.25) is 0 Å². The Labute approximate surface area is 126 Å². The Morgan fingerprint density at radius 3 is 2.57 bits per heavy atom. The standard InChI is InChI=1S/C16H26FN3O/c1-12(2)20-8-6-16(11-18,7-9-20)19-13-4-5-14(17)15(10-13)21-3/h4-5,10,12,19H,6-9,11,18H2,1-3H3. The Bertz CT molecular complexity index is 471. The Morgan fingerprint density at radius 2 is 2.05 bits per heavy atom. The largest absolute Gasteiger partial charge is 0.494 e. The molecule has 1 aliphatic rings. The number of hydrogen-bond donors (Lipinski definition) is 2. The number of anilines is 1. The lowest BCUT2D eigenvalue weighted by Gasteiger charge is -2.43. The molecular formula is C16H26FN3O. The number of halogens is 1. The summed E-state index contributed by atoms with van der Waals surface area (Å²) < 4.78 is 18.5. The summed E-state index contributed by atoms with van der Waals surface area (Å²) in [6.45, 7) is 7.06. The molecule has 2 rings (SSSR count). The summed E-state index contributed by atoms with van der Waals surface area (Å²) in [5.74, 6) is -0.0914. The van der Waals surface area contributed by atoms with E-state index in [-0.39, 0.29) is 17.1 Å². The fourth-order valence-electron chi connectivity index (χ4n) is 2.89. The first-order chi connectivity index (χ1) is 9.99. The van der Waals surface area contributed by atoms with Gasteiger partial charge in [0, 0.05) is 37.4 Å². The SMILES string of the molecule is COc1cc(NC2(CN)CCN(C(C)C)CC2)ccc1F. The molecule has 0 spiro atoms. The molecule has 0 unspecified atom stereocenters. The van der Waals surface area contributed by atoms with Gasteiger partial charge in [-0.2, -0.15) is 0 Å². The maximum absolute atomic E-state index is 13.5. The first-order valence-corrected chi connectivity index (χ1v) is 7.55. The minimum absolute atomic E-state index is 0.117. The molecule has 1 saturated heterocycles. The fourth-order valence-corrected chi connectivity index (χ4v) is 2.89. The number of methoxy groups -OCH3 is 1. The van der Waals surface area contributed by atoms with Crippen molar-refractivity contribution in [3.05, 3.63) is 24.0 Å². The average molecular weight is 295 g/mol. The molecule has 1 aromatic carbocycles. The molecule has 1 fully saturated rings. The first-order valence-electron chi connectivity index (χ1n) is 7.55. The smallest absolute Gasteiger partial charge is 0.165 e. The van der Waals surface area contributed by atoms with Gasteiger partial charge in [0.15, 0.2) is 11.6 Å². The first kappa shape index (κ1) is 16.0. The van der Waals surface area contributed by atoms with Crippen LogP contribution in [0.5, 0.6) is 5.75 Å². The van der Waals surface area contributed by atoms with Crippen molar-refractivity contribution in [2.75, 3.05) is 32.1 Å². The molecule has 0 aliphatic carbocycles. The molecular weight excluding hydrogens is 269 g/mol. The molecule has 21 heavy (non-hydrogen) atoms. The third-order valence-electron chi connectivity index (χ3n) is 4.44. The van der Waals surface area contributed by atoms with Gasteiger partial charge in [0.1, 0.15) is 0 Å². The van der Waals surface area contributed by atoms with Crippen LogP contribution in [0, 0.1) is 5.82 Å². The summed E-state index contributed by atoms with van der Waals surface area (Å²) >= 11 is 0. The van der Waals surface area contributed by atoms with E-state index in [2.05, 4.69) is 24.1 Å². The van der Waals surface area contributed by atoms with E-state index in [0.29, 0.717) is 12.6 Å². The van der Waals surface area contributed by atoms with Crippen LogP contribution in [-0.2, 0) is 0 Å². The van der Waals surface area contributed by atoms with Gasteiger partial charge >= 0.3 is 0 Å². The van der Waals surface area contributed by atoms with Crippen molar-refractivity contribution < 1.29 is 9.13 Å². The van der Waals surface area contributed by atoms with Crippen molar-refractivity contribution in [1.82, 2.24) is 4.90 Å². The summed E-state index contributed by atoms with van der Waals surface area (Å²) in [6.07, 6.45) is 1.97. The summed E-state index contributed by atoms with van der Waals surface area (Å²) in [5, 5.41) is 3.51. The molecule has 0 radical (unpaired) electrons. The highest BCUT2D eigenvalue weighted by Gasteiger charge is 2.34. The summed E-state index contributed by atoms with van der Waals surface area (Å²) in [5.41, 5.74) is 6.76. The molecule has 0 aromatic heterocycles. The van der Waals surface area contributed by atoms with E-state index >= 15 is 0 Å². The van der Waals surface area contributed by atoms with Crippen molar-refractivity contribution in [2.45, 2.75) is 38.3 Å². The maximum atomic E-state index is 13.5. The van der Waals surface area contributed by atoms with E-state index in [1.165, 1.54) is 13.2 Å². The monoisotopic (exact) mass is 295 g/mol. The lowest BCUT2D eigenvalue weighted by Crippen LogP contribution is -2.54. The number of likely N-dealkylation sites (tertiary alicyclic amines) is 1. The van der Waals surface area contributed by atoms with Gasteiger partial charge in [0.25, 0.3) is 0 Å². The molecule has 3 N–H and O–H groups in total. The van der Waals surface area contributed by atoms with E-state index < -0.39 is 0 Å². The fraction of sp³-hybridized carbons (Fsp3) is 0.625. The van der Waals surface area contributed by atoms with Crippen LogP contribution in [0.4, 0.5) is 10.1 Å². The molecule has 0 saturated carbocycles. The van der Waals surface area contributed by atoms with Crippen molar-refractivity contribution in [2.24, 2.45) is 5.73 Å². The van der Waals surface area contributed by atoms with Crippen molar-refractivity contribution in [3.63, 3.8) is 0 Å². The quantitative estimate of drug-likeness (QED) is 0.876. The molecule has 0 amide bonds. The van der Waals surface area contributed by atoms with E-state index in [4.69, 9.17) is 10.5 Å². The maximum Gasteiger partial charge on any atom is 0.165 e. The van der Waals surface area contributed by atoms with Crippen molar-refractivity contribution in [1.29, 1.82) is 0 Å². The predicted octanol–water partition coefficient (Wildman–Crippen LogP) is 2.45. The second-order valence-electron chi connectivity index (χ2n) is 6.09. The number of rotatable bonds is 5. The lowest BCUT2D eigenvalue weighted by molar-refractivity contribution is 0.144. The van der Waals surface area contributed by atoms with Gasteiger partial charge in [-0.1, -0.05) is 0 Å². The molecule has 4 nitrogen and oxygen atoms in total. The molecule has 118 valence electrons. The summed E-state index contributed by atoms with van der Waals surface area (Å²) in [4.78, 5) is 2.46. The van der Waals surface area contributed by atoms with Gasteiger partial charge in [-0.15, -0.1) is 0 Å². The molecule has 1 aromatic rings. The van der Waals surface area contributed by atoms with Gasteiger partial charge in [0.05, 0.1) is 12.6 Å². The van der Waals surface area contributed by atoms with Crippen LogP contribution in [0.25, 0.3) is 0 Å². The van der Waals surface area contributed by atoms with Crippen LogP contribution in [0.1, 0.15) is 26.7 Å². The highest BCUT2D eigenvalue weighted by Crippen LogP contribution is 2.29. The number of hydrogen-bond acceptors (Lipinski definition) is 4. The zero-order chi connectivity index (χ0) is 15.5. The normalized spacial score (nSPS) is 18.8. The Balaban J connectivity index is 2.09. The number of nitrogens with one attached hydrogen (secondary N) is 1. The Kier molecular flexibility index (Phi) is 5.06. The molecule has 1 aliphatic heterocycles. The molecule has 5 heteroatoms. The predicted molar refractivity (Wildman–Crippen MR) is 84.3 cm³/mol. The number of ether oxygens (including phenoxy) is 1. The van der Waals surface area contributed by atoms with Crippen LogP contribution >= 0.6 is 0 Å². The second kappa shape index (κ2) is 6.62. The van der Waals surface area contributed by atoms with Gasteiger partial charge < -0.3 is 20.7 Å². The van der Waals surface area contributed by atoms with Crippen LogP contribution in [0.15, 0.2) is 18.2 Å². The zero-order valence-corrected chi connectivity index (χ0v) is 13.2. The van der Waals surface area contributed by atoms with Gasteiger partial charge in [-0.25, -0.2) is 4.39 Å². The van der Waals surface area contributed by atoms with E-state index in [1.807, 2.05) is 0 Å². The number of nitrogens with zero attached hydrogens (tertiary/aromatic N) is 1. The highest BCUT2D eigenvalue weighted by molar-refractivity contribution is 5.51. The van der Waals surface area contributed by atoms with E-state index in [0.717, 1.165) is 31.6 Å². The van der Waals surface area contributed by atoms with Crippen LogP contribution in [0.3, 0.4) is 0 Å². The average Bonchev–Trinajstić information content (AvgIpc) is 2.49. The van der Waals surface area contributed by atoms with Crippen molar-refractivity contribution >= 4 is 5.69 Å². The second-order valence-corrected chi connectivity index (χ2v) is 6.09. The summed E-state index contributed by atoms with van der Waals surface area (Å²) in [6, 6.07) is 5.42. The van der Waals surface area contributed by atoms with Crippen LogP contribution < -0.4 is 15.8 Å². The van der Waals surface area contributed by atoms with Gasteiger partial charge in [-0.05, 0) is 38.8 Å². The topological polar surface area (TPSA) is 50.5 Å².